The molecule has 0 aliphatic heterocycles. The molecular weight excluding hydrogens is 146 g/mol. The molecule has 0 spiro atoms. The molecule has 3 N–H and O–H groups in total. The molecule has 11 heavy (non-hydrogen) atoms. The fourth-order valence-electron chi connectivity index (χ4n) is 1.11. The number of hydrogen-bond acceptors (Lipinski definition) is 3. The van der Waals surface area contributed by atoms with E-state index in [-0.39, 0.29) is 6.61 Å². The Morgan fingerprint density at radius 2 is 2.27 bits per heavy atom. The minimum Gasteiger partial charge on any atom is -0.480 e. The lowest BCUT2D eigenvalue weighted by atomic mass is 10.2. The maximum atomic E-state index is 10.5. The Hall–Kier alpha value is -0.610. The van der Waals surface area contributed by atoms with Crippen LogP contribution in [0.3, 0.4) is 0 Å². The molecule has 0 aromatic rings. The van der Waals surface area contributed by atoms with Crippen LogP contribution in [0.4, 0.5) is 0 Å². The van der Waals surface area contributed by atoms with Gasteiger partial charge in [-0.25, -0.2) is 0 Å². The highest BCUT2D eigenvalue weighted by atomic mass is 16.4. The molecule has 0 aromatic heterocycles. The van der Waals surface area contributed by atoms with Crippen molar-refractivity contribution < 1.29 is 15.0 Å². The lowest BCUT2D eigenvalue weighted by Crippen LogP contribution is -2.39. The lowest BCUT2D eigenvalue weighted by Gasteiger charge is -2.11. The monoisotopic (exact) mass is 159 g/mol. The number of aliphatic carboxylic acids is 1. The van der Waals surface area contributed by atoms with Crippen molar-refractivity contribution in [1.82, 2.24) is 5.32 Å². The van der Waals surface area contributed by atoms with E-state index in [2.05, 4.69) is 5.32 Å². The van der Waals surface area contributed by atoms with Gasteiger partial charge in [-0.1, -0.05) is 0 Å². The topological polar surface area (TPSA) is 69.6 Å². The van der Waals surface area contributed by atoms with E-state index in [1.807, 2.05) is 0 Å². The molecule has 1 saturated carbocycles. The zero-order valence-corrected chi connectivity index (χ0v) is 6.29. The highest BCUT2D eigenvalue weighted by molar-refractivity contribution is 5.74. The number of rotatable bonds is 5. The largest absolute Gasteiger partial charge is 0.480 e. The van der Waals surface area contributed by atoms with Gasteiger partial charge >= 0.3 is 5.97 Å². The average molecular weight is 159 g/mol. The van der Waals surface area contributed by atoms with Gasteiger partial charge in [0.05, 0.1) is 6.61 Å². The Balaban J connectivity index is 2.26. The summed E-state index contributed by atoms with van der Waals surface area (Å²) in [6.07, 6.45) is 1.99. The average Bonchev–Trinajstić information content (AvgIpc) is 2.71. The van der Waals surface area contributed by atoms with Crippen LogP contribution in [0.5, 0.6) is 0 Å². The summed E-state index contributed by atoms with van der Waals surface area (Å²) in [4.78, 5) is 10.5. The van der Waals surface area contributed by atoms with Crippen molar-refractivity contribution in [3.05, 3.63) is 0 Å². The number of aliphatic hydroxyl groups is 1. The molecule has 0 radical (unpaired) electrons. The predicted molar refractivity (Wildman–Crippen MR) is 39.2 cm³/mol. The molecule has 1 rings (SSSR count). The van der Waals surface area contributed by atoms with Crippen LogP contribution in [0, 0.1) is 5.92 Å². The first kappa shape index (κ1) is 8.49. The van der Waals surface area contributed by atoms with Gasteiger partial charge in [0.2, 0.25) is 0 Å². The Morgan fingerprint density at radius 3 is 2.64 bits per heavy atom. The van der Waals surface area contributed by atoms with Gasteiger partial charge in [0, 0.05) is 6.54 Å². The first-order valence-electron chi connectivity index (χ1n) is 3.82. The highest BCUT2D eigenvalue weighted by Crippen LogP contribution is 2.32. The maximum Gasteiger partial charge on any atom is 0.320 e. The number of hydrogen-bond donors (Lipinski definition) is 3. The lowest BCUT2D eigenvalue weighted by molar-refractivity contribution is -0.140. The van der Waals surface area contributed by atoms with Crippen LogP contribution in [0.25, 0.3) is 0 Å². The molecule has 1 fully saturated rings. The van der Waals surface area contributed by atoms with Crippen molar-refractivity contribution in [1.29, 1.82) is 0 Å². The zero-order chi connectivity index (χ0) is 8.27. The molecule has 1 atom stereocenters. The van der Waals surface area contributed by atoms with Crippen LogP contribution < -0.4 is 5.32 Å². The SMILES string of the molecule is O=C(O)C(NCCO)C1CC1. The molecule has 0 bridgehead atoms. The van der Waals surface area contributed by atoms with Gasteiger partial charge in [-0.2, -0.15) is 0 Å². The second kappa shape index (κ2) is 3.69. The minimum atomic E-state index is -0.805. The van der Waals surface area contributed by atoms with Crippen molar-refractivity contribution in [2.45, 2.75) is 18.9 Å². The van der Waals surface area contributed by atoms with Crippen LogP contribution in [0.15, 0.2) is 0 Å². The Kier molecular flexibility index (Phi) is 2.84. The Bertz CT molecular complexity index is 145. The second-order valence-electron chi connectivity index (χ2n) is 2.83. The number of carboxylic acid groups (broad SMARTS) is 1. The third-order valence-electron chi connectivity index (χ3n) is 1.84. The van der Waals surface area contributed by atoms with Crippen LogP contribution in [-0.4, -0.2) is 35.4 Å². The summed E-state index contributed by atoms with van der Waals surface area (Å²) in [5, 5.41) is 19.9. The van der Waals surface area contributed by atoms with Gasteiger partial charge in [-0.15, -0.1) is 0 Å². The first-order valence-corrected chi connectivity index (χ1v) is 3.82. The molecule has 0 heterocycles. The zero-order valence-electron chi connectivity index (χ0n) is 6.29. The smallest absolute Gasteiger partial charge is 0.320 e. The minimum absolute atomic E-state index is 0.00347. The molecular formula is C7H13NO3. The van der Waals surface area contributed by atoms with Gasteiger partial charge in [0.1, 0.15) is 6.04 Å². The maximum absolute atomic E-state index is 10.5. The molecule has 1 aliphatic carbocycles. The molecule has 0 amide bonds. The van der Waals surface area contributed by atoms with Gasteiger partial charge in [-0.05, 0) is 18.8 Å². The standard InChI is InChI=1S/C7H13NO3/c9-4-3-8-6(7(10)11)5-1-2-5/h5-6,8-9H,1-4H2,(H,10,11). The third kappa shape index (κ3) is 2.48. The molecule has 1 unspecified atom stereocenters. The summed E-state index contributed by atoms with van der Waals surface area (Å²) in [7, 11) is 0. The number of carboxylic acids is 1. The summed E-state index contributed by atoms with van der Waals surface area (Å²) in [6.45, 7) is 0.365. The van der Waals surface area contributed by atoms with E-state index >= 15 is 0 Å². The summed E-state index contributed by atoms with van der Waals surface area (Å²) in [6, 6.07) is -0.442. The van der Waals surface area contributed by atoms with Crippen molar-refractivity contribution in [2.24, 2.45) is 5.92 Å². The molecule has 0 saturated heterocycles. The van der Waals surface area contributed by atoms with E-state index < -0.39 is 12.0 Å². The highest BCUT2D eigenvalue weighted by Gasteiger charge is 2.35. The van der Waals surface area contributed by atoms with Crippen LogP contribution in [-0.2, 0) is 4.79 Å². The van der Waals surface area contributed by atoms with Crippen LogP contribution >= 0.6 is 0 Å². The van der Waals surface area contributed by atoms with E-state index in [9.17, 15) is 4.79 Å². The van der Waals surface area contributed by atoms with E-state index in [1.165, 1.54) is 0 Å². The number of nitrogens with one attached hydrogen (secondary N) is 1. The molecule has 0 aromatic carbocycles. The fraction of sp³-hybridized carbons (Fsp3) is 0.857. The number of carbonyl (C=O) groups is 1. The molecule has 1 aliphatic rings. The van der Waals surface area contributed by atoms with E-state index in [4.69, 9.17) is 10.2 Å². The molecule has 4 heteroatoms. The van der Waals surface area contributed by atoms with E-state index in [0.29, 0.717) is 12.5 Å². The second-order valence-corrected chi connectivity index (χ2v) is 2.83. The van der Waals surface area contributed by atoms with Gasteiger partial charge in [0.25, 0.3) is 0 Å². The van der Waals surface area contributed by atoms with Crippen molar-refractivity contribution in [3.8, 4) is 0 Å². The molecule has 4 nitrogen and oxygen atoms in total. The van der Waals surface area contributed by atoms with Crippen molar-refractivity contribution in [2.75, 3.05) is 13.2 Å². The quantitative estimate of drug-likeness (QED) is 0.502. The summed E-state index contributed by atoms with van der Waals surface area (Å²) < 4.78 is 0. The van der Waals surface area contributed by atoms with Crippen LogP contribution in [0.2, 0.25) is 0 Å². The predicted octanol–water partition coefficient (Wildman–Crippen LogP) is -0.569. The Morgan fingerprint density at radius 1 is 1.64 bits per heavy atom. The Labute approximate surface area is 65.2 Å². The van der Waals surface area contributed by atoms with Gasteiger partial charge in [0.15, 0.2) is 0 Å². The third-order valence-corrected chi connectivity index (χ3v) is 1.84. The normalized spacial score (nSPS) is 19.7. The summed E-state index contributed by atoms with van der Waals surface area (Å²) >= 11 is 0. The first-order chi connectivity index (χ1) is 5.25. The van der Waals surface area contributed by atoms with Gasteiger partial charge in [-0.3, -0.25) is 4.79 Å². The molecule has 64 valence electrons. The van der Waals surface area contributed by atoms with Crippen molar-refractivity contribution >= 4 is 5.97 Å². The van der Waals surface area contributed by atoms with Gasteiger partial charge < -0.3 is 15.5 Å². The summed E-state index contributed by atoms with van der Waals surface area (Å²) in [5.74, 6) is -0.514. The van der Waals surface area contributed by atoms with E-state index in [0.717, 1.165) is 12.8 Å². The van der Waals surface area contributed by atoms with Crippen molar-refractivity contribution in [3.63, 3.8) is 0 Å². The summed E-state index contributed by atoms with van der Waals surface area (Å²) in [5.41, 5.74) is 0. The van der Waals surface area contributed by atoms with E-state index in [1.54, 1.807) is 0 Å². The fourth-order valence-corrected chi connectivity index (χ4v) is 1.11. The van der Waals surface area contributed by atoms with Crippen LogP contribution in [0.1, 0.15) is 12.8 Å². The number of aliphatic hydroxyl groups excluding tert-OH is 1.